The lowest BCUT2D eigenvalue weighted by Crippen LogP contribution is -2.48. The molecule has 1 fully saturated rings. The molecule has 12 heteroatoms. The lowest BCUT2D eigenvalue weighted by atomic mass is 9.80. The lowest BCUT2D eigenvalue weighted by Gasteiger charge is -2.40. The van der Waals surface area contributed by atoms with Crippen LogP contribution in [0.3, 0.4) is 0 Å². The van der Waals surface area contributed by atoms with Crippen LogP contribution in [0.4, 0.5) is 35.5 Å². The van der Waals surface area contributed by atoms with Gasteiger partial charge in [-0.1, -0.05) is 12.1 Å². The Morgan fingerprint density at radius 3 is 1.97 bits per heavy atom. The van der Waals surface area contributed by atoms with Crippen molar-refractivity contribution >= 4 is 12.0 Å². The number of likely N-dealkylation sites (tertiary alicyclic amines) is 1. The highest BCUT2D eigenvalue weighted by atomic mass is 19.4. The van der Waals surface area contributed by atoms with E-state index in [4.69, 9.17) is 4.74 Å². The number of hydrogen-bond donors (Lipinski definition) is 0. The van der Waals surface area contributed by atoms with Crippen LogP contribution < -0.4 is 0 Å². The summed E-state index contributed by atoms with van der Waals surface area (Å²) < 4.78 is 98.7. The van der Waals surface area contributed by atoms with Crippen LogP contribution in [0.25, 0.3) is 0 Å². The number of halogens is 7. The van der Waals surface area contributed by atoms with Crippen LogP contribution in [-0.4, -0.2) is 47.5 Å². The summed E-state index contributed by atoms with van der Waals surface area (Å²) in [6.45, 7) is 4.78. The van der Waals surface area contributed by atoms with E-state index in [0.717, 1.165) is 4.90 Å². The molecule has 3 rings (SSSR count). The molecule has 39 heavy (non-hydrogen) atoms. The normalized spacial score (nSPS) is 18.6. The number of carbonyl (C=O) groups excluding carboxylic acids is 2. The van der Waals surface area contributed by atoms with Crippen LogP contribution in [0.1, 0.15) is 55.4 Å². The minimum atomic E-state index is -5.01. The zero-order valence-corrected chi connectivity index (χ0v) is 21.8. The Kier molecular flexibility index (Phi) is 8.57. The van der Waals surface area contributed by atoms with E-state index in [9.17, 15) is 40.3 Å². The van der Waals surface area contributed by atoms with Crippen LogP contribution in [0.5, 0.6) is 0 Å². The fourth-order valence-corrected chi connectivity index (χ4v) is 4.53. The maximum Gasteiger partial charge on any atom is 0.416 e. The molecule has 0 spiro atoms. The number of ether oxygens (including phenoxy) is 1. The summed E-state index contributed by atoms with van der Waals surface area (Å²) in [6.07, 6.45) is -10.5. The third-order valence-electron chi connectivity index (χ3n) is 6.32. The summed E-state index contributed by atoms with van der Waals surface area (Å²) in [4.78, 5) is 28.7. The summed E-state index contributed by atoms with van der Waals surface area (Å²) in [5, 5.41) is 0. The van der Waals surface area contributed by atoms with E-state index in [-0.39, 0.29) is 31.1 Å². The molecule has 2 atom stereocenters. The summed E-state index contributed by atoms with van der Waals surface area (Å²) in [5.74, 6) is -2.43. The van der Waals surface area contributed by atoms with Crippen LogP contribution in [0, 0.1) is 11.7 Å². The number of hydrogen-bond acceptors (Lipinski definition) is 3. The molecule has 1 aliphatic heterocycles. The minimum absolute atomic E-state index is 0.0300. The molecule has 1 saturated heterocycles. The average Bonchev–Trinajstić information content (AvgIpc) is 2.81. The number of alkyl halides is 6. The smallest absolute Gasteiger partial charge is 0.416 e. The molecule has 0 saturated carbocycles. The molecule has 0 unspecified atom stereocenters. The van der Waals surface area contributed by atoms with Gasteiger partial charge in [-0.05, 0) is 68.7 Å². The van der Waals surface area contributed by atoms with E-state index >= 15 is 0 Å². The predicted molar refractivity (Wildman–Crippen MR) is 128 cm³/mol. The van der Waals surface area contributed by atoms with Crippen molar-refractivity contribution < 1.29 is 45.1 Å². The Morgan fingerprint density at radius 1 is 0.949 bits per heavy atom. The average molecular weight is 563 g/mol. The Bertz CT molecular complexity index is 1160. The molecule has 0 N–H and O–H groups in total. The minimum Gasteiger partial charge on any atom is -0.444 e. The highest BCUT2D eigenvalue weighted by Crippen LogP contribution is 2.38. The molecule has 2 aromatic rings. The van der Waals surface area contributed by atoms with Gasteiger partial charge in [0.05, 0.1) is 11.1 Å². The fourth-order valence-electron chi connectivity index (χ4n) is 4.53. The summed E-state index contributed by atoms with van der Waals surface area (Å²) in [7, 11) is 1.29. The largest absolute Gasteiger partial charge is 0.444 e. The number of piperidine rings is 1. The van der Waals surface area contributed by atoms with Gasteiger partial charge in [-0.15, -0.1) is 0 Å². The third kappa shape index (κ3) is 7.86. The van der Waals surface area contributed by atoms with Gasteiger partial charge in [0.1, 0.15) is 11.4 Å². The van der Waals surface area contributed by atoms with Crippen LogP contribution >= 0.6 is 0 Å². The zero-order chi connectivity index (χ0) is 29.3. The van der Waals surface area contributed by atoms with Gasteiger partial charge in [0.15, 0.2) is 0 Å². The Labute approximate surface area is 221 Å². The number of nitrogens with zero attached hydrogens (tertiary/aromatic N) is 2. The standard InChI is InChI=1S/C27H29F7N2O3/c1-25(2,3)39-24(38)36-10-9-21(22(15-36)17-5-7-20(28)8-6-17)23(37)35(4)14-16-11-18(26(29,30)31)13-19(12-16)27(32,33)34/h5-8,11-13,21-22H,9-10,14-15H2,1-4H3/t21-,22-/m0/s1. The van der Waals surface area contributed by atoms with Crippen LogP contribution in [-0.2, 0) is 28.4 Å². The molecular weight excluding hydrogens is 533 g/mol. The monoisotopic (exact) mass is 562 g/mol. The summed E-state index contributed by atoms with van der Waals surface area (Å²) in [6, 6.07) is 6.55. The van der Waals surface area contributed by atoms with Gasteiger partial charge in [0.2, 0.25) is 5.91 Å². The Hall–Kier alpha value is -3.31. The maximum absolute atomic E-state index is 13.6. The van der Waals surface area contributed by atoms with Crippen molar-refractivity contribution in [3.05, 3.63) is 70.5 Å². The molecule has 0 aliphatic carbocycles. The van der Waals surface area contributed by atoms with Crippen molar-refractivity contribution in [1.82, 2.24) is 9.80 Å². The van der Waals surface area contributed by atoms with E-state index in [2.05, 4.69) is 0 Å². The van der Waals surface area contributed by atoms with Crippen molar-refractivity contribution in [1.29, 1.82) is 0 Å². The van der Waals surface area contributed by atoms with Crippen LogP contribution in [0.2, 0.25) is 0 Å². The molecule has 0 aromatic heterocycles. The van der Waals surface area contributed by atoms with Crippen molar-refractivity contribution in [2.24, 2.45) is 5.92 Å². The van der Waals surface area contributed by atoms with Crippen molar-refractivity contribution in [2.75, 3.05) is 20.1 Å². The van der Waals surface area contributed by atoms with Gasteiger partial charge in [0, 0.05) is 38.5 Å². The summed E-state index contributed by atoms with van der Waals surface area (Å²) >= 11 is 0. The molecule has 0 bridgehead atoms. The van der Waals surface area contributed by atoms with E-state index in [1.54, 1.807) is 20.8 Å². The van der Waals surface area contributed by atoms with Crippen molar-refractivity contribution in [3.63, 3.8) is 0 Å². The SMILES string of the molecule is CN(Cc1cc(C(F)(F)F)cc(C(F)(F)F)c1)C(=O)[C@H]1CCN(C(=O)OC(C)(C)C)C[C@H]1c1ccc(F)cc1. The highest BCUT2D eigenvalue weighted by Gasteiger charge is 2.40. The van der Waals surface area contributed by atoms with E-state index < -0.39 is 65.3 Å². The maximum atomic E-state index is 13.6. The number of amides is 2. The molecular formula is C27H29F7N2O3. The third-order valence-corrected chi connectivity index (χ3v) is 6.32. The first-order valence-electron chi connectivity index (χ1n) is 12.1. The molecule has 1 aliphatic rings. The lowest BCUT2D eigenvalue weighted by molar-refractivity contribution is -0.143. The van der Waals surface area contributed by atoms with Crippen molar-refractivity contribution in [2.45, 2.75) is 57.6 Å². The van der Waals surface area contributed by atoms with Gasteiger partial charge in [-0.2, -0.15) is 26.3 Å². The second-order valence-electron chi connectivity index (χ2n) is 10.6. The Balaban J connectivity index is 1.88. The molecule has 2 amide bonds. The van der Waals surface area contributed by atoms with Crippen molar-refractivity contribution in [3.8, 4) is 0 Å². The first kappa shape index (κ1) is 30.2. The first-order chi connectivity index (χ1) is 17.8. The predicted octanol–water partition coefficient (Wildman–Crippen LogP) is 6.86. The number of carbonyl (C=O) groups is 2. The number of benzene rings is 2. The zero-order valence-electron chi connectivity index (χ0n) is 21.8. The van der Waals surface area contributed by atoms with Gasteiger partial charge >= 0.3 is 18.4 Å². The van der Waals surface area contributed by atoms with Gasteiger partial charge < -0.3 is 14.5 Å². The molecule has 2 aromatic carbocycles. The molecule has 214 valence electrons. The quantitative estimate of drug-likeness (QED) is 0.383. The van der Waals surface area contributed by atoms with Gasteiger partial charge in [-0.25, -0.2) is 9.18 Å². The van der Waals surface area contributed by atoms with E-state index in [1.807, 2.05) is 0 Å². The highest BCUT2D eigenvalue weighted by molar-refractivity contribution is 5.80. The fraction of sp³-hybridized carbons (Fsp3) is 0.481. The second-order valence-corrected chi connectivity index (χ2v) is 10.6. The van der Waals surface area contributed by atoms with E-state index in [0.29, 0.717) is 17.7 Å². The topological polar surface area (TPSA) is 49.9 Å². The number of rotatable bonds is 4. The first-order valence-corrected chi connectivity index (χ1v) is 12.1. The molecule has 1 heterocycles. The second kappa shape index (κ2) is 11.1. The van der Waals surface area contributed by atoms with Gasteiger partial charge in [0.25, 0.3) is 0 Å². The molecule has 0 radical (unpaired) electrons. The summed E-state index contributed by atoms with van der Waals surface area (Å²) in [5.41, 5.74) is -3.49. The molecule has 5 nitrogen and oxygen atoms in total. The Morgan fingerprint density at radius 2 is 1.49 bits per heavy atom. The van der Waals surface area contributed by atoms with E-state index in [1.165, 1.54) is 36.2 Å². The van der Waals surface area contributed by atoms with Gasteiger partial charge in [-0.3, -0.25) is 4.79 Å². The van der Waals surface area contributed by atoms with Crippen LogP contribution in [0.15, 0.2) is 42.5 Å².